The number of rotatable bonds is 7. The molecule has 1 N–H and O–H groups in total. The summed E-state index contributed by atoms with van der Waals surface area (Å²) in [4.78, 5) is 12.7. The zero-order valence-corrected chi connectivity index (χ0v) is 20.0. The molecule has 0 aliphatic carbocycles. The highest BCUT2D eigenvalue weighted by atomic mass is 16.5. The molecule has 3 saturated heterocycles. The van der Waals surface area contributed by atoms with Crippen molar-refractivity contribution in [3.8, 4) is 5.75 Å². The van der Waals surface area contributed by atoms with E-state index in [4.69, 9.17) is 14.5 Å². The number of aliphatic imine (C=N–C) groups is 1. The number of nitrogens with zero attached hydrogens (tertiary/aromatic N) is 4. The average molecular weight is 444 g/mol. The summed E-state index contributed by atoms with van der Waals surface area (Å²) in [6, 6.07) is 9.11. The fourth-order valence-corrected chi connectivity index (χ4v) is 5.13. The van der Waals surface area contributed by atoms with Crippen LogP contribution in [-0.4, -0.2) is 99.4 Å². The lowest BCUT2D eigenvalue weighted by Gasteiger charge is -2.33. The Morgan fingerprint density at radius 1 is 1.06 bits per heavy atom. The van der Waals surface area contributed by atoms with Crippen LogP contribution in [0.4, 0.5) is 0 Å². The number of methoxy groups -OCH3 is 1. The summed E-state index contributed by atoms with van der Waals surface area (Å²) in [5, 5.41) is 3.55. The third-order valence-electron chi connectivity index (χ3n) is 7.13. The number of morpholine rings is 1. The Kier molecular flexibility index (Phi) is 8.65. The van der Waals surface area contributed by atoms with Gasteiger partial charge >= 0.3 is 0 Å². The van der Waals surface area contributed by atoms with Crippen LogP contribution in [0.15, 0.2) is 29.3 Å². The molecule has 1 aromatic carbocycles. The molecular formula is C25H41N5O2. The second-order valence-electron chi connectivity index (χ2n) is 9.30. The van der Waals surface area contributed by atoms with Crippen LogP contribution in [0.1, 0.15) is 31.7 Å². The summed E-state index contributed by atoms with van der Waals surface area (Å²) in [5.41, 5.74) is 1.36. The minimum atomic E-state index is 0.643. The van der Waals surface area contributed by atoms with Crippen molar-refractivity contribution in [3.05, 3.63) is 29.8 Å². The van der Waals surface area contributed by atoms with Gasteiger partial charge in [0.25, 0.3) is 0 Å². The monoisotopic (exact) mass is 443 g/mol. The van der Waals surface area contributed by atoms with Crippen molar-refractivity contribution < 1.29 is 9.47 Å². The molecule has 1 aromatic rings. The Morgan fingerprint density at radius 3 is 2.50 bits per heavy atom. The van der Waals surface area contributed by atoms with Gasteiger partial charge in [-0.2, -0.15) is 0 Å². The van der Waals surface area contributed by atoms with Gasteiger partial charge in [0, 0.05) is 51.9 Å². The highest BCUT2D eigenvalue weighted by molar-refractivity contribution is 5.80. The van der Waals surface area contributed by atoms with Crippen LogP contribution in [0.2, 0.25) is 0 Å². The average Bonchev–Trinajstić information content (AvgIpc) is 3.34. The molecule has 7 nitrogen and oxygen atoms in total. The Hall–Kier alpha value is -1.83. The number of ether oxygens (including phenoxy) is 2. The van der Waals surface area contributed by atoms with Crippen LogP contribution in [0.25, 0.3) is 0 Å². The molecule has 4 rings (SSSR count). The lowest BCUT2D eigenvalue weighted by Crippen LogP contribution is -2.46. The van der Waals surface area contributed by atoms with Gasteiger partial charge in [0.1, 0.15) is 5.75 Å². The highest BCUT2D eigenvalue weighted by Gasteiger charge is 2.30. The lowest BCUT2D eigenvalue weighted by molar-refractivity contribution is 0.0195. The van der Waals surface area contributed by atoms with Crippen molar-refractivity contribution in [2.75, 3.05) is 72.7 Å². The smallest absolute Gasteiger partial charge is 0.193 e. The molecule has 32 heavy (non-hydrogen) atoms. The van der Waals surface area contributed by atoms with Gasteiger partial charge in [0.15, 0.2) is 5.96 Å². The predicted octanol–water partition coefficient (Wildman–Crippen LogP) is 2.28. The van der Waals surface area contributed by atoms with Crippen LogP contribution in [0.5, 0.6) is 5.75 Å². The van der Waals surface area contributed by atoms with Crippen molar-refractivity contribution in [3.63, 3.8) is 0 Å². The summed E-state index contributed by atoms with van der Waals surface area (Å²) in [7, 11) is 1.72. The Morgan fingerprint density at radius 2 is 1.81 bits per heavy atom. The van der Waals surface area contributed by atoms with Crippen LogP contribution >= 0.6 is 0 Å². The molecule has 0 spiro atoms. The molecule has 0 amide bonds. The van der Waals surface area contributed by atoms with E-state index in [1.54, 1.807) is 7.11 Å². The SMILES string of the molecule is CCNC(=NCC1CCN(Cc2ccc(OC)cc2)CC1)N1CCC(N2CCOCC2)C1. The number of likely N-dealkylation sites (tertiary alicyclic amines) is 2. The molecule has 3 fully saturated rings. The molecule has 1 atom stereocenters. The van der Waals surface area contributed by atoms with Crippen LogP contribution in [0, 0.1) is 5.92 Å². The van der Waals surface area contributed by atoms with Gasteiger partial charge in [0.2, 0.25) is 0 Å². The summed E-state index contributed by atoms with van der Waals surface area (Å²) in [6.07, 6.45) is 3.69. The maximum atomic E-state index is 5.53. The van der Waals surface area contributed by atoms with Crippen LogP contribution < -0.4 is 10.1 Å². The molecule has 1 unspecified atom stereocenters. The van der Waals surface area contributed by atoms with E-state index in [1.807, 2.05) is 0 Å². The Balaban J connectivity index is 1.23. The quantitative estimate of drug-likeness (QED) is 0.516. The van der Waals surface area contributed by atoms with Gasteiger partial charge in [-0.3, -0.25) is 14.8 Å². The number of nitrogens with one attached hydrogen (secondary N) is 1. The van der Waals surface area contributed by atoms with Crippen molar-refractivity contribution in [2.45, 2.75) is 38.8 Å². The fraction of sp³-hybridized carbons (Fsp3) is 0.720. The van der Waals surface area contributed by atoms with E-state index in [2.05, 4.69) is 51.2 Å². The van der Waals surface area contributed by atoms with Crippen LogP contribution in [-0.2, 0) is 11.3 Å². The summed E-state index contributed by atoms with van der Waals surface area (Å²) in [5.74, 6) is 2.73. The third kappa shape index (κ3) is 6.36. The van der Waals surface area contributed by atoms with E-state index in [9.17, 15) is 0 Å². The van der Waals surface area contributed by atoms with E-state index in [1.165, 1.54) is 24.8 Å². The Labute approximate surface area is 193 Å². The van der Waals surface area contributed by atoms with E-state index < -0.39 is 0 Å². The summed E-state index contributed by atoms with van der Waals surface area (Å²) >= 11 is 0. The lowest BCUT2D eigenvalue weighted by atomic mass is 9.96. The van der Waals surface area contributed by atoms with Gasteiger partial charge in [-0.25, -0.2) is 0 Å². The van der Waals surface area contributed by atoms with Gasteiger partial charge in [0.05, 0.1) is 20.3 Å². The second-order valence-corrected chi connectivity index (χ2v) is 9.30. The molecule has 178 valence electrons. The normalized spacial score (nSPS) is 24.1. The standard InChI is InChI=1S/C25H41N5O2/c1-3-26-25(30-13-10-23(20-30)29-14-16-32-17-15-29)27-18-21-8-11-28(12-9-21)19-22-4-6-24(31-2)7-5-22/h4-7,21,23H,3,8-20H2,1-2H3,(H,26,27). The predicted molar refractivity (Wildman–Crippen MR) is 129 cm³/mol. The van der Waals surface area contributed by atoms with E-state index in [-0.39, 0.29) is 0 Å². The van der Waals surface area contributed by atoms with Crippen LogP contribution in [0.3, 0.4) is 0 Å². The second kappa shape index (κ2) is 11.9. The highest BCUT2D eigenvalue weighted by Crippen LogP contribution is 2.21. The first-order valence-corrected chi connectivity index (χ1v) is 12.5. The summed E-state index contributed by atoms with van der Waals surface area (Å²) in [6.45, 7) is 13.5. The topological polar surface area (TPSA) is 52.6 Å². The molecule has 0 aromatic heterocycles. The minimum Gasteiger partial charge on any atom is -0.497 e. The maximum absolute atomic E-state index is 5.53. The first kappa shape index (κ1) is 23.3. The first-order valence-electron chi connectivity index (χ1n) is 12.5. The number of hydrogen-bond donors (Lipinski definition) is 1. The molecule has 7 heteroatoms. The molecular weight excluding hydrogens is 402 g/mol. The van der Waals surface area contributed by atoms with E-state index in [0.717, 1.165) is 83.8 Å². The number of benzene rings is 1. The fourth-order valence-electron chi connectivity index (χ4n) is 5.13. The zero-order valence-electron chi connectivity index (χ0n) is 20.0. The molecule has 0 bridgehead atoms. The maximum Gasteiger partial charge on any atom is 0.193 e. The number of guanidine groups is 1. The van der Waals surface area contributed by atoms with Gasteiger partial charge in [-0.15, -0.1) is 0 Å². The van der Waals surface area contributed by atoms with Gasteiger partial charge < -0.3 is 19.7 Å². The summed E-state index contributed by atoms with van der Waals surface area (Å²) < 4.78 is 10.8. The minimum absolute atomic E-state index is 0.643. The third-order valence-corrected chi connectivity index (χ3v) is 7.13. The van der Waals surface area contributed by atoms with Crippen molar-refractivity contribution in [1.29, 1.82) is 0 Å². The molecule has 0 radical (unpaired) electrons. The van der Waals surface area contributed by atoms with Crippen molar-refractivity contribution in [2.24, 2.45) is 10.9 Å². The first-order chi connectivity index (χ1) is 15.7. The molecule has 3 aliphatic heterocycles. The number of piperidine rings is 1. The van der Waals surface area contributed by atoms with Crippen molar-refractivity contribution >= 4 is 5.96 Å². The van der Waals surface area contributed by atoms with Gasteiger partial charge in [-0.1, -0.05) is 12.1 Å². The number of hydrogen-bond acceptors (Lipinski definition) is 5. The van der Waals surface area contributed by atoms with E-state index in [0.29, 0.717) is 12.0 Å². The zero-order chi connectivity index (χ0) is 22.2. The van der Waals surface area contributed by atoms with E-state index >= 15 is 0 Å². The molecule has 0 saturated carbocycles. The van der Waals surface area contributed by atoms with Gasteiger partial charge in [-0.05, 0) is 62.9 Å². The molecule has 3 heterocycles. The van der Waals surface area contributed by atoms with Crippen molar-refractivity contribution in [1.82, 2.24) is 20.0 Å². The molecule has 3 aliphatic rings. The Bertz CT molecular complexity index is 712. The largest absolute Gasteiger partial charge is 0.497 e.